The monoisotopic (exact) mass is 798 g/mol. The summed E-state index contributed by atoms with van der Waals surface area (Å²) in [5.74, 6) is 1.77. The number of ether oxygens (including phenoxy) is 3. The van der Waals surface area contributed by atoms with Crippen molar-refractivity contribution in [2.24, 2.45) is 37.4 Å². The number of benzene rings is 2. The van der Waals surface area contributed by atoms with Gasteiger partial charge in [-0.25, -0.2) is 28.1 Å². The van der Waals surface area contributed by atoms with E-state index in [1.54, 1.807) is 14.2 Å². The van der Waals surface area contributed by atoms with E-state index in [9.17, 15) is 14.4 Å². The second-order valence-electron chi connectivity index (χ2n) is 16.1. The third-order valence-corrected chi connectivity index (χ3v) is 13.7. The average Bonchev–Trinajstić information content (AvgIpc) is 3.26. The van der Waals surface area contributed by atoms with Gasteiger partial charge in [-0.2, -0.15) is 0 Å². The molecule has 0 aliphatic rings. The highest BCUT2D eigenvalue weighted by atomic mass is 16.5. The predicted octanol–water partition coefficient (Wildman–Crippen LogP) is 10.9. The highest BCUT2D eigenvalue weighted by molar-refractivity contribution is 5.41. The van der Waals surface area contributed by atoms with Gasteiger partial charge in [-0.3, -0.25) is 0 Å². The summed E-state index contributed by atoms with van der Waals surface area (Å²) in [5, 5.41) is 0. The molecule has 9 heteroatoms. The number of aromatic nitrogens is 3. The van der Waals surface area contributed by atoms with Gasteiger partial charge in [-0.05, 0) is 90.2 Å². The lowest BCUT2D eigenvalue weighted by atomic mass is 9.78. The lowest BCUT2D eigenvalue weighted by Gasteiger charge is -2.34. The van der Waals surface area contributed by atoms with E-state index >= 15 is 0 Å². The molecule has 9 nitrogen and oxygen atoms in total. The molecule has 0 saturated heterocycles. The normalized spacial score (nSPS) is 11.7. The van der Waals surface area contributed by atoms with Crippen LogP contribution in [0.4, 0.5) is 0 Å². The topological polar surface area (TPSA) is 93.7 Å². The van der Waals surface area contributed by atoms with Crippen molar-refractivity contribution < 1.29 is 14.2 Å². The minimum Gasteiger partial charge on any atom is -0.497 e. The fourth-order valence-electron chi connectivity index (χ4n) is 7.20. The minimum atomic E-state index is -0.608. The van der Waals surface area contributed by atoms with Gasteiger partial charge in [-0.15, -0.1) is 0 Å². The first kappa shape index (κ1) is 53.4. The Hall–Kier alpha value is -3.59. The maximum absolute atomic E-state index is 11.1. The Kier molecular flexibility index (Phi) is 24.1. The molecule has 0 aliphatic carbocycles. The van der Waals surface area contributed by atoms with Crippen molar-refractivity contribution in [3.63, 3.8) is 0 Å². The molecule has 3 rings (SSSR count). The third-order valence-electron chi connectivity index (χ3n) is 13.7. The van der Waals surface area contributed by atoms with Crippen LogP contribution in [-0.2, 0) is 31.3 Å². The summed E-state index contributed by atoms with van der Waals surface area (Å²) in [4.78, 5) is 33.2. The Morgan fingerprint density at radius 2 is 0.649 bits per heavy atom. The summed E-state index contributed by atoms with van der Waals surface area (Å²) in [5.41, 5.74) is 2.16. The smallest absolute Gasteiger partial charge is 0.335 e. The summed E-state index contributed by atoms with van der Waals surface area (Å²) in [7, 11) is 7.34. The van der Waals surface area contributed by atoms with E-state index < -0.39 is 17.1 Å². The highest BCUT2D eigenvalue weighted by Gasteiger charge is 2.28. The van der Waals surface area contributed by atoms with Crippen molar-refractivity contribution in [3.05, 3.63) is 91.1 Å². The van der Waals surface area contributed by atoms with E-state index in [4.69, 9.17) is 14.2 Å². The molecule has 0 aliphatic heterocycles. The summed E-state index contributed by atoms with van der Waals surface area (Å²) in [6, 6.07) is 16.5. The van der Waals surface area contributed by atoms with Gasteiger partial charge in [0.25, 0.3) is 0 Å². The van der Waals surface area contributed by atoms with Crippen molar-refractivity contribution in [1.29, 1.82) is 0 Å². The van der Waals surface area contributed by atoms with Gasteiger partial charge in [0.2, 0.25) is 0 Å². The quantitative estimate of drug-likeness (QED) is 0.127. The van der Waals surface area contributed by atoms with Crippen molar-refractivity contribution in [2.45, 2.75) is 153 Å². The molecule has 57 heavy (non-hydrogen) atoms. The van der Waals surface area contributed by atoms with E-state index in [0.29, 0.717) is 16.2 Å². The Balaban J connectivity index is 0.000000761. The summed E-state index contributed by atoms with van der Waals surface area (Å²) in [6.45, 7) is 29.3. The molecule has 0 atom stereocenters. The molecule has 2 aromatic carbocycles. The molecule has 1 aromatic heterocycles. The van der Waals surface area contributed by atoms with Crippen LogP contribution in [-0.4, -0.2) is 41.1 Å². The summed E-state index contributed by atoms with van der Waals surface area (Å²) >= 11 is 0. The van der Waals surface area contributed by atoms with Crippen LogP contribution in [0.1, 0.15) is 158 Å². The molecule has 0 bridgehead atoms. The van der Waals surface area contributed by atoms with Gasteiger partial charge in [0.1, 0.15) is 11.5 Å². The molecule has 0 fully saturated rings. The Morgan fingerprint density at radius 3 is 0.825 bits per heavy atom. The molecule has 0 amide bonds. The maximum Gasteiger partial charge on any atom is 0.335 e. The molecule has 0 saturated carbocycles. The lowest BCUT2D eigenvalue weighted by molar-refractivity contribution is -0.0181. The van der Waals surface area contributed by atoms with Gasteiger partial charge >= 0.3 is 17.1 Å². The van der Waals surface area contributed by atoms with Crippen LogP contribution in [0.3, 0.4) is 0 Å². The summed E-state index contributed by atoms with van der Waals surface area (Å²) < 4.78 is 19.1. The van der Waals surface area contributed by atoms with Crippen LogP contribution in [0.2, 0.25) is 0 Å². The second-order valence-corrected chi connectivity index (χ2v) is 16.1. The number of hydrogen-bond acceptors (Lipinski definition) is 6. The van der Waals surface area contributed by atoms with Crippen molar-refractivity contribution >= 4 is 0 Å². The lowest BCUT2D eigenvalue weighted by Crippen LogP contribution is -2.51. The number of rotatable bonds is 18. The molecular weight excluding hydrogens is 715 g/mol. The first-order valence-electron chi connectivity index (χ1n) is 21.6. The van der Waals surface area contributed by atoms with E-state index in [1.165, 1.54) is 96.5 Å². The predicted molar refractivity (Wildman–Crippen MR) is 241 cm³/mol. The molecule has 0 N–H and O–H groups in total. The molecule has 1 heterocycles. The Morgan fingerprint density at radius 1 is 0.421 bits per heavy atom. The average molecular weight is 798 g/mol. The molecular formula is C48H83N3O6. The molecule has 0 unspecified atom stereocenters. The molecule has 326 valence electrons. The maximum atomic E-state index is 11.1. The minimum absolute atomic E-state index is 0.0431. The van der Waals surface area contributed by atoms with Crippen molar-refractivity contribution in [2.75, 3.05) is 27.4 Å². The standard InChI is InChI=1S/C17H20O2.C16H34O.C9H20.C6H9N3O3/c1-17(2,13-5-9-15(18-3)10-6-13)14-7-11-16(19-4)12-8-14;1-7-15(8-2,9-3)13-17-14-16(10-4,11-5)12-6;1-5-9(6-2,7-3)8-4;1-7-4(10)8(2)6(12)9(3)5(7)11/h5-12H,1-4H3;7-14H2,1-6H3;5-8H2,1-4H3;1-3H3. The zero-order chi connectivity index (χ0) is 44.0. The van der Waals surface area contributed by atoms with E-state index in [-0.39, 0.29) is 5.41 Å². The van der Waals surface area contributed by atoms with Gasteiger partial charge in [-0.1, -0.05) is 133 Å². The molecule has 0 spiro atoms. The number of nitrogens with zero attached hydrogens (tertiary/aromatic N) is 3. The first-order chi connectivity index (χ1) is 26.9. The SMILES string of the molecule is CCC(CC)(CC)CC.CCC(CC)(CC)COCC(CC)(CC)CC.COc1ccc(C(C)(C)c2ccc(OC)cc2)cc1.Cn1c(=O)n(C)c(=O)n(C)c1=O. The van der Waals surface area contributed by atoms with Crippen LogP contribution >= 0.6 is 0 Å². The zero-order valence-corrected chi connectivity index (χ0v) is 39.4. The fraction of sp³-hybridized carbons (Fsp3) is 0.688. The largest absolute Gasteiger partial charge is 0.497 e. The van der Waals surface area contributed by atoms with Crippen LogP contribution in [0, 0.1) is 16.2 Å². The van der Waals surface area contributed by atoms with Crippen molar-refractivity contribution in [1.82, 2.24) is 13.7 Å². The van der Waals surface area contributed by atoms with Crippen LogP contribution in [0.25, 0.3) is 0 Å². The third kappa shape index (κ3) is 14.9. The fourth-order valence-corrected chi connectivity index (χ4v) is 7.20. The molecule has 3 aromatic rings. The van der Waals surface area contributed by atoms with E-state index in [2.05, 4.69) is 107 Å². The Bertz CT molecular complexity index is 1500. The second kappa shape index (κ2) is 25.7. The van der Waals surface area contributed by atoms with Crippen LogP contribution in [0.5, 0.6) is 11.5 Å². The Labute approximate surface area is 347 Å². The van der Waals surface area contributed by atoms with Gasteiger partial charge in [0.15, 0.2) is 0 Å². The number of methoxy groups -OCH3 is 2. The van der Waals surface area contributed by atoms with Gasteiger partial charge < -0.3 is 14.2 Å². The van der Waals surface area contributed by atoms with Crippen molar-refractivity contribution in [3.8, 4) is 11.5 Å². The summed E-state index contributed by atoms with van der Waals surface area (Å²) in [6.07, 6.45) is 12.8. The highest BCUT2D eigenvalue weighted by Crippen LogP contribution is 2.36. The molecule has 0 radical (unpaired) electrons. The van der Waals surface area contributed by atoms with Crippen LogP contribution in [0.15, 0.2) is 62.9 Å². The first-order valence-corrected chi connectivity index (χ1v) is 21.6. The van der Waals surface area contributed by atoms with Gasteiger partial charge in [0, 0.05) is 26.6 Å². The zero-order valence-electron chi connectivity index (χ0n) is 39.4. The van der Waals surface area contributed by atoms with E-state index in [1.807, 2.05) is 24.3 Å². The van der Waals surface area contributed by atoms with Gasteiger partial charge in [0.05, 0.1) is 27.4 Å². The van der Waals surface area contributed by atoms with Crippen LogP contribution < -0.4 is 26.5 Å². The number of hydrogen-bond donors (Lipinski definition) is 0. The van der Waals surface area contributed by atoms with E-state index in [0.717, 1.165) is 38.4 Å².